The van der Waals surface area contributed by atoms with E-state index in [9.17, 15) is 19.2 Å². The maximum Gasteiger partial charge on any atom is 0.338 e. The average Bonchev–Trinajstić information content (AvgIpc) is 0.695. The van der Waals surface area contributed by atoms with Gasteiger partial charge in [-0.3, -0.25) is 9.69 Å². The van der Waals surface area contributed by atoms with Gasteiger partial charge in [-0.05, 0) is 208 Å². The zero-order chi connectivity index (χ0) is 66.4. The van der Waals surface area contributed by atoms with E-state index < -0.39 is 35.2 Å². The lowest BCUT2D eigenvalue weighted by molar-refractivity contribution is -0.292. The van der Waals surface area contributed by atoms with Crippen LogP contribution in [0.3, 0.4) is 0 Å². The Kier molecular flexibility index (Phi) is 15.8. The number of nitrogens with zero attached hydrogens (tertiary/aromatic N) is 4. The van der Waals surface area contributed by atoms with Crippen LogP contribution in [0.4, 0.5) is 39.8 Å². The molecule has 14 heteroatoms. The van der Waals surface area contributed by atoms with Gasteiger partial charge in [0.2, 0.25) is 16.7 Å². The Hall–Kier alpha value is -10.6. The maximum absolute atomic E-state index is 15.6. The summed E-state index contributed by atoms with van der Waals surface area (Å²) in [5.74, 6) is -0.319. The number of ketones is 1. The fourth-order valence-corrected chi connectivity index (χ4v) is 15.7. The Labute approximate surface area is 546 Å². The van der Waals surface area contributed by atoms with Gasteiger partial charge in [0.05, 0.1) is 22.4 Å². The van der Waals surface area contributed by atoms with E-state index in [2.05, 4.69) is 85.4 Å². The zero-order valence-corrected chi connectivity index (χ0v) is 54.3. The summed E-state index contributed by atoms with van der Waals surface area (Å²) in [5.41, 5.74) is 6.23. The van der Waals surface area contributed by atoms with Gasteiger partial charge in [-0.2, -0.15) is 4.58 Å². The highest BCUT2D eigenvalue weighted by Crippen LogP contribution is 2.59. The van der Waals surface area contributed by atoms with Gasteiger partial charge in [0, 0.05) is 86.9 Å². The molecule has 2 fully saturated rings. The SMILES string of the molecule is C=C(C)C(=O)Oc1ccc(N2c3cccc4c(C5=C([O-])/C(=c6/ccc7c8c(cccc68)N(c6ccc(OC(=O)C(=C)C)cc6)C6(CC(C)CC(C)C6)[N+]=7c6ccc(OC(=O)C(=C)C)cc6)C5=O)ccc(c34)N(c3ccc(OC(=O)C(=C)C)cc3)C23CC(C)CC(C)C3)cc1. The minimum atomic E-state index is -0.735. The van der Waals surface area contributed by atoms with Crippen molar-refractivity contribution in [1.82, 2.24) is 4.58 Å². The first-order valence-electron chi connectivity index (χ1n) is 32.0. The third-order valence-corrected chi connectivity index (χ3v) is 19.0. The second-order valence-corrected chi connectivity index (χ2v) is 26.7. The van der Waals surface area contributed by atoms with Gasteiger partial charge in [0.15, 0.2) is 5.78 Å². The number of esters is 4. The number of benzene rings is 8. The normalized spacial score (nSPS) is 21.9. The fourth-order valence-electron chi connectivity index (χ4n) is 15.7. The lowest BCUT2D eigenvalue weighted by atomic mass is 9.72. The third-order valence-electron chi connectivity index (χ3n) is 19.0. The highest BCUT2D eigenvalue weighted by molar-refractivity contribution is 6.52. The molecule has 0 amide bonds. The van der Waals surface area contributed by atoms with Crippen molar-refractivity contribution in [2.24, 2.45) is 23.7 Å². The van der Waals surface area contributed by atoms with E-state index in [1.54, 1.807) is 76.2 Å². The van der Waals surface area contributed by atoms with Crippen molar-refractivity contribution in [1.29, 1.82) is 0 Å². The molecular formula is C80H74N4O10. The van der Waals surface area contributed by atoms with Crippen LogP contribution in [0.15, 0.2) is 212 Å². The number of carbonyl (C=O) groups excluding carboxylic acids is 5. The van der Waals surface area contributed by atoms with Crippen molar-refractivity contribution in [3.05, 3.63) is 228 Å². The van der Waals surface area contributed by atoms with E-state index in [4.69, 9.17) is 18.9 Å². The van der Waals surface area contributed by atoms with Gasteiger partial charge in [-0.1, -0.05) is 90.1 Å². The van der Waals surface area contributed by atoms with Gasteiger partial charge in [0.1, 0.15) is 28.7 Å². The van der Waals surface area contributed by atoms with E-state index in [1.165, 1.54) is 0 Å². The summed E-state index contributed by atoms with van der Waals surface area (Å²) in [6.07, 6.45) is 4.97. The predicted octanol–water partition coefficient (Wildman–Crippen LogP) is 15.0. The van der Waals surface area contributed by atoms with E-state index in [0.717, 1.165) is 94.5 Å². The van der Waals surface area contributed by atoms with Crippen LogP contribution >= 0.6 is 0 Å². The molecule has 0 saturated heterocycles. The first-order valence-corrected chi connectivity index (χ1v) is 32.0. The highest BCUT2D eigenvalue weighted by Gasteiger charge is 2.57. The molecule has 94 heavy (non-hydrogen) atoms. The van der Waals surface area contributed by atoms with Crippen molar-refractivity contribution in [3.8, 4) is 23.0 Å². The molecule has 4 atom stereocenters. The summed E-state index contributed by atoms with van der Waals surface area (Å²) in [5, 5.41) is 20.1. The average molecular weight is 1250 g/mol. The van der Waals surface area contributed by atoms with Crippen LogP contribution in [0.2, 0.25) is 0 Å². The van der Waals surface area contributed by atoms with Crippen molar-refractivity contribution < 1.29 is 48.0 Å². The first kappa shape index (κ1) is 62.2. The number of ether oxygens (including phenoxy) is 4. The van der Waals surface area contributed by atoms with Crippen molar-refractivity contribution in [2.45, 2.75) is 105 Å². The lowest BCUT2D eigenvalue weighted by Crippen LogP contribution is -2.64. The number of rotatable bonds is 13. The summed E-state index contributed by atoms with van der Waals surface area (Å²) < 4.78 is 25.2. The van der Waals surface area contributed by atoms with Crippen LogP contribution < -0.4 is 53.9 Å². The van der Waals surface area contributed by atoms with Gasteiger partial charge >= 0.3 is 23.9 Å². The largest absolute Gasteiger partial charge is 0.871 e. The molecule has 0 aromatic heterocycles. The summed E-state index contributed by atoms with van der Waals surface area (Å²) >= 11 is 0. The molecule has 4 unspecified atom stereocenters. The van der Waals surface area contributed by atoms with E-state index in [0.29, 0.717) is 44.6 Å². The zero-order valence-electron chi connectivity index (χ0n) is 54.3. The summed E-state index contributed by atoms with van der Waals surface area (Å²) in [6, 6.07) is 50.0. The molecule has 2 aliphatic heterocycles. The van der Waals surface area contributed by atoms with E-state index >= 15 is 9.90 Å². The Morgan fingerprint density at radius 2 is 0.851 bits per heavy atom. The molecular weight excluding hydrogens is 1180 g/mol. The number of hydrogen-bond acceptors (Lipinski definition) is 13. The quantitative estimate of drug-likeness (QED) is 0.0465. The van der Waals surface area contributed by atoms with Crippen molar-refractivity contribution >= 4 is 102 Å². The Morgan fingerprint density at radius 1 is 0.457 bits per heavy atom. The second-order valence-electron chi connectivity index (χ2n) is 26.7. The van der Waals surface area contributed by atoms with Gasteiger partial charge in [-0.15, -0.1) is 0 Å². The number of Topliss-reactive ketones (excluding diaryl/α,β-unsaturated/α-hetero) is 1. The Balaban J connectivity index is 1.02. The molecule has 8 aromatic rings. The summed E-state index contributed by atoms with van der Waals surface area (Å²) in [7, 11) is 0. The summed E-state index contributed by atoms with van der Waals surface area (Å²) in [6.45, 7) is 30.7. The van der Waals surface area contributed by atoms with Gasteiger partial charge in [-0.25, -0.2) is 19.2 Å². The van der Waals surface area contributed by atoms with Crippen LogP contribution in [0.1, 0.15) is 99.5 Å². The minimum Gasteiger partial charge on any atom is -0.871 e. The van der Waals surface area contributed by atoms with Crippen LogP contribution in [-0.2, 0) is 24.0 Å². The number of hydrogen-bond donors (Lipinski definition) is 0. The second kappa shape index (κ2) is 23.8. The van der Waals surface area contributed by atoms with Crippen molar-refractivity contribution in [3.63, 3.8) is 0 Å². The maximum atomic E-state index is 15.6. The van der Waals surface area contributed by atoms with Crippen molar-refractivity contribution in [2.75, 3.05) is 14.7 Å². The number of allylic oxidation sites excluding steroid dienone is 2. The Morgan fingerprint density at radius 3 is 1.29 bits per heavy atom. The smallest absolute Gasteiger partial charge is 0.338 e. The monoisotopic (exact) mass is 1250 g/mol. The number of anilines is 6. The van der Waals surface area contributed by atoms with Crippen LogP contribution in [0.5, 0.6) is 23.0 Å². The standard InChI is InChI=1S/C80H74N4O10/c1-45(2)75(87)91-57-27-19-53(20-28-57)81-65-17-13-15-61-63(35-37-67(69(61)65)83(79(81)41-49(9)39-50(10)42-79)55-23-31-59(32-24-55)93-77(89)47(5)6)71-73(85)72(74(71)86)64-36-38-68-70-62(64)16-14-18-66(70)82(54-21-29-58(30-22-54)92-76(88)46(3)4)80(43-51(11)40-52(12)44-80)84(68)56-25-33-60(34-26-56)94-78(90)48(7)8/h13-38,49-52H,1,3,5,7,39-44H2,2,4,6,8-12H3. The summed E-state index contributed by atoms with van der Waals surface area (Å²) in [4.78, 5) is 73.9. The molecule has 8 aromatic carbocycles. The topological polar surface area (TPSA) is 158 Å². The highest BCUT2D eigenvalue weighted by atomic mass is 16.5. The molecule has 14 nitrogen and oxygen atoms in total. The molecule has 474 valence electrons. The molecule has 0 N–H and O–H groups in total. The molecule has 0 bridgehead atoms. The van der Waals surface area contributed by atoms with Gasteiger partial charge < -0.3 is 33.9 Å². The van der Waals surface area contributed by atoms with Crippen LogP contribution in [0.25, 0.3) is 32.7 Å². The predicted molar refractivity (Wildman–Crippen MR) is 367 cm³/mol. The number of carbonyl (C=O) groups is 5. The fraction of sp³-hybridized carbons (Fsp3) is 0.250. The van der Waals surface area contributed by atoms with E-state index in [-0.39, 0.29) is 68.7 Å². The molecule has 3 aliphatic carbocycles. The lowest BCUT2D eigenvalue weighted by Gasteiger charge is -2.59. The molecule has 13 rings (SSSR count). The molecule has 2 saturated carbocycles. The minimum absolute atomic E-state index is 0.0806. The third kappa shape index (κ3) is 10.5. The first-order chi connectivity index (χ1) is 45.0. The molecule has 2 heterocycles. The van der Waals surface area contributed by atoms with Crippen LogP contribution in [-0.4, -0.2) is 41.0 Å². The van der Waals surface area contributed by atoms with Crippen LogP contribution in [0, 0.1) is 23.7 Å². The molecule has 2 spiro atoms. The molecule has 0 radical (unpaired) electrons. The van der Waals surface area contributed by atoms with Gasteiger partial charge in [0.25, 0.3) is 0 Å². The molecule has 5 aliphatic rings. The Bertz CT molecular complexity index is 4660. The van der Waals surface area contributed by atoms with E-state index in [1.807, 2.05) is 97.1 Å².